The predicted octanol–water partition coefficient (Wildman–Crippen LogP) is 1.28. The molecule has 8 nitrogen and oxygen atoms in total. The molecule has 0 fully saturated rings. The molecule has 0 bridgehead atoms. The van der Waals surface area contributed by atoms with Crippen molar-refractivity contribution < 1.29 is 23.1 Å². The monoisotopic (exact) mass is 381 g/mol. The minimum Gasteiger partial charge on any atom is -0.481 e. The Morgan fingerprint density at radius 1 is 1.35 bits per heavy atom. The number of carboxylic acids is 1. The van der Waals surface area contributed by atoms with E-state index in [1.54, 1.807) is 7.11 Å². The van der Waals surface area contributed by atoms with Gasteiger partial charge in [0.1, 0.15) is 4.90 Å². The number of nitrogens with one attached hydrogen (secondary N) is 1. The Hall–Kier alpha value is -2.23. The van der Waals surface area contributed by atoms with Gasteiger partial charge in [-0.2, -0.15) is 5.10 Å². The minimum absolute atomic E-state index is 0.0435. The highest BCUT2D eigenvalue weighted by atomic mass is 32.2. The number of methoxy groups -OCH3 is 1. The zero-order valence-corrected chi connectivity index (χ0v) is 15.4. The molecule has 1 atom stereocenters. The number of carbonyl (C=O) groups is 1. The van der Waals surface area contributed by atoms with Crippen LogP contribution in [-0.4, -0.2) is 49.0 Å². The number of ether oxygens (including phenoxy) is 1. The van der Waals surface area contributed by atoms with Crippen molar-refractivity contribution in [2.45, 2.75) is 36.7 Å². The average molecular weight is 381 g/mol. The number of aliphatic carboxylic acids is 1. The van der Waals surface area contributed by atoms with E-state index in [9.17, 15) is 13.2 Å². The van der Waals surface area contributed by atoms with Crippen molar-refractivity contribution in [3.63, 3.8) is 0 Å². The summed E-state index contributed by atoms with van der Waals surface area (Å²) in [6, 6.07) is 8.82. The Morgan fingerprint density at radius 2 is 2.08 bits per heavy atom. The smallest absolute Gasteiger partial charge is 0.303 e. The van der Waals surface area contributed by atoms with Gasteiger partial charge < -0.3 is 9.84 Å². The standard InChI is InChI=1S/C17H23N3O5S/c1-25-10-9-20-13-16(12-18-20)26(23,24)19-15(7-8-17(21)22)11-14-5-3-2-4-6-14/h2-6,12-13,15,19H,7-11H2,1H3,(H,21,22). The lowest BCUT2D eigenvalue weighted by molar-refractivity contribution is -0.137. The third-order valence-corrected chi connectivity index (χ3v) is 5.27. The molecule has 1 heterocycles. The van der Waals surface area contributed by atoms with Crippen LogP contribution in [0, 0.1) is 0 Å². The van der Waals surface area contributed by atoms with Gasteiger partial charge in [0.15, 0.2) is 0 Å². The van der Waals surface area contributed by atoms with Gasteiger partial charge in [0, 0.05) is 25.8 Å². The largest absolute Gasteiger partial charge is 0.481 e. The highest BCUT2D eigenvalue weighted by molar-refractivity contribution is 7.89. The molecule has 1 aromatic heterocycles. The van der Waals surface area contributed by atoms with Crippen molar-refractivity contribution >= 4 is 16.0 Å². The summed E-state index contributed by atoms with van der Waals surface area (Å²) in [5, 5.41) is 12.9. The topological polar surface area (TPSA) is 111 Å². The fourth-order valence-electron chi connectivity index (χ4n) is 2.48. The van der Waals surface area contributed by atoms with Crippen molar-refractivity contribution in [2.24, 2.45) is 0 Å². The van der Waals surface area contributed by atoms with E-state index < -0.39 is 22.0 Å². The van der Waals surface area contributed by atoms with E-state index in [2.05, 4.69) is 9.82 Å². The zero-order valence-electron chi connectivity index (χ0n) is 14.5. The maximum Gasteiger partial charge on any atom is 0.303 e. The van der Waals surface area contributed by atoms with Crippen LogP contribution in [0.5, 0.6) is 0 Å². The minimum atomic E-state index is -3.80. The number of hydrogen-bond donors (Lipinski definition) is 2. The van der Waals surface area contributed by atoms with Crippen LogP contribution in [0.15, 0.2) is 47.6 Å². The van der Waals surface area contributed by atoms with Crippen molar-refractivity contribution in [3.8, 4) is 0 Å². The van der Waals surface area contributed by atoms with Crippen molar-refractivity contribution in [3.05, 3.63) is 48.3 Å². The molecule has 2 aromatic rings. The van der Waals surface area contributed by atoms with Gasteiger partial charge in [-0.1, -0.05) is 30.3 Å². The van der Waals surface area contributed by atoms with Gasteiger partial charge in [0.2, 0.25) is 10.0 Å². The van der Waals surface area contributed by atoms with E-state index in [0.29, 0.717) is 19.6 Å². The molecule has 0 spiro atoms. The molecule has 0 amide bonds. The number of benzene rings is 1. The predicted molar refractivity (Wildman–Crippen MR) is 95.2 cm³/mol. The summed E-state index contributed by atoms with van der Waals surface area (Å²) in [4.78, 5) is 10.9. The Balaban J connectivity index is 2.11. The van der Waals surface area contributed by atoms with Crippen LogP contribution in [0.4, 0.5) is 0 Å². The van der Waals surface area contributed by atoms with Crippen LogP contribution < -0.4 is 4.72 Å². The van der Waals surface area contributed by atoms with Crippen molar-refractivity contribution in [2.75, 3.05) is 13.7 Å². The van der Waals surface area contributed by atoms with E-state index in [0.717, 1.165) is 5.56 Å². The first-order valence-electron chi connectivity index (χ1n) is 8.20. The summed E-state index contributed by atoms with van der Waals surface area (Å²) < 4.78 is 34.3. The lowest BCUT2D eigenvalue weighted by atomic mass is 10.0. The molecule has 142 valence electrons. The molecule has 9 heteroatoms. The number of aromatic nitrogens is 2. The van der Waals surface area contributed by atoms with E-state index >= 15 is 0 Å². The second kappa shape index (κ2) is 9.46. The van der Waals surface area contributed by atoms with Gasteiger partial charge in [-0.3, -0.25) is 9.48 Å². The molecule has 2 N–H and O–H groups in total. The third-order valence-electron chi connectivity index (χ3n) is 3.80. The normalized spacial score (nSPS) is 12.8. The maximum absolute atomic E-state index is 12.6. The van der Waals surface area contributed by atoms with E-state index in [-0.39, 0.29) is 17.7 Å². The molecule has 0 saturated heterocycles. The molecule has 0 aliphatic heterocycles. The van der Waals surface area contributed by atoms with Gasteiger partial charge in [0.05, 0.1) is 19.3 Å². The molecule has 26 heavy (non-hydrogen) atoms. The highest BCUT2D eigenvalue weighted by Gasteiger charge is 2.22. The van der Waals surface area contributed by atoms with Gasteiger partial charge >= 0.3 is 5.97 Å². The summed E-state index contributed by atoms with van der Waals surface area (Å²) in [5.74, 6) is -0.963. The van der Waals surface area contributed by atoms with Crippen LogP contribution in [0.2, 0.25) is 0 Å². The van der Waals surface area contributed by atoms with Gasteiger partial charge in [0.25, 0.3) is 0 Å². The number of carboxylic acid groups (broad SMARTS) is 1. The summed E-state index contributed by atoms with van der Waals surface area (Å²) in [5.41, 5.74) is 0.932. The molecule has 2 rings (SSSR count). The summed E-state index contributed by atoms with van der Waals surface area (Å²) in [7, 11) is -2.24. The maximum atomic E-state index is 12.6. The van der Waals surface area contributed by atoms with Crippen LogP contribution in [0.3, 0.4) is 0 Å². The summed E-state index contributed by atoms with van der Waals surface area (Å²) in [6.07, 6.45) is 3.19. The second-order valence-corrected chi connectivity index (χ2v) is 7.59. The Morgan fingerprint density at radius 3 is 2.73 bits per heavy atom. The molecular weight excluding hydrogens is 358 g/mol. The van der Waals surface area contributed by atoms with E-state index in [1.807, 2.05) is 30.3 Å². The first kappa shape index (κ1) is 20.1. The molecule has 1 aromatic carbocycles. The first-order chi connectivity index (χ1) is 12.4. The van der Waals surface area contributed by atoms with Crippen molar-refractivity contribution in [1.82, 2.24) is 14.5 Å². The molecule has 0 radical (unpaired) electrons. The van der Waals surface area contributed by atoms with Crippen LogP contribution in [0.25, 0.3) is 0 Å². The quantitative estimate of drug-likeness (QED) is 0.607. The molecule has 0 aliphatic rings. The molecule has 0 saturated carbocycles. The molecular formula is C17H23N3O5S. The fourth-order valence-corrected chi connectivity index (χ4v) is 3.70. The lowest BCUT2D eigenvalue weighted by Crippen LogP contribution is -2.36. The lowest BCUT2D eigenvalue weighted by Gasteiger charge is -2.17. The zero-order chi connectivity index (χ0) is 19.0. The SMILES string of the molecule is COCCn1cc(S(=O)(=O)NC(CCC(=O)O)Cc2ccccc2)cn1. The number of sulfonamides is 1. The Bertz CT molecular complexity index is 805. The van der Waals surface area contributed by atoms with Crippen LogP contribution >= 0.6 is 0 Å². The van der Waals surface area contributed by atoms with Gasteiger partial charge in [-0.15, -0.1) is 0 Å². The first-order valence-corrected chi connectivity index (χ1v) is 9.68. The average Bonchev–Trinajstić information content (AvgIpc) is 3.08. The van der Waals surface area contributed by atoms with Crippen molar-refractivity contribution in [1.29, 1.82) is 0 Å². The second-order valence-electron chi connectivity index (χ2n) is 5.87. The van der Waals surface area contributed by atoms with E-state index in [1.165, 1.54) is 17.1 Å². The number of hydrogen-bond acceptors (Lipinski definition) is 5. The fraction of sp³-hybridized carbons (Fsp3) is 0.412. The number of nitrogens with zero attached hydrogens (tertiary/aromatic N) is 2. The van der Waals surface area contributed by atoms with E-state index in [4.69, 9.17) is 9.84 Å². The molecule has 1 unspecified atom stereocenters. The highest BCUT2D eigenvalue weighted by Crippen LogP contribution is 2.13. The third kappa shape index (κ3) is 6.25. The molecule has 0 aliphatic carbocycles. The van der Waals surface area contributed by atoms with Gasteiger partial charge in [-0.25, -0.2) is 13.1 Å². The van der Waals surface area contributed by atoms with Gasteiger partial charge in [-0.05, 0) is 18.4 Å². The van der Waals surface area contributed by atoms with Crippen LogP contribution in [-0.2, 0) is 32.5 Å². The Labute approximate surface area is 152 Å². The number of rotatable bonds is 11. The Kier molecular flexibility index (Phi) is 7.31. The van der Waals surface area contributed by atoms with Crippen LogP contribution in [0.1, 0.15) is 18.4 Å². The summed E-state index contributed by atoms with van der Waals surface area (Å²) >= 11 is 0. The summed E-state index contributed by atoms with van der Waals surface area (Å²) in [6.45, 7) is 0.863.